The summed E-state index contributed by atoms with van der Waals surface area (Å²) in [4.78, 5) is 12.2. The second kappa shape index (κ2) is 6.79. The van der Waals surface area contributed by atoms with Gasteiger partial charge in [-0.25, -0.2) is 0 Å². The fraction of sp³-hybridized carbons (Fsp3) is 0.235. The SMILES string of the molecule is COc1ccc(CNC(=O)c2ccccc2OC)cc1C. The second-order valence-electron chi connectivity index (χ2n) is 4.69. The molecule has 2 rings (SSSR count). The Morgan fingerprint density at radius 2 is 1.76 bits per heavy atom. The number of benzene rings is 2. The lowest BCUT2D eigenvalue weighted by molar-refractivity contribution is 0.0948. The summed E-state index contributed by atoms with van der Waals surface area (Å²) in [6, 6.07) is 13.0. The summed E-state index contributed by atoms with van der Waals surface area (Å²) >= 11 is 0. The lowest BCUT2D eigenvalue weighted by Crippen LogP contribution is -2.23. The van der Waals surface area contributed by atoms with Gasteiger partial charge in [-0.1, -0.05) is 24.3 Å². The Morgan fingerprint density at radius 3 is 2.43 bits per heavy atom. The summed E-state index contributed by atoms with van der Waals surface area (Å²) in [7, 11) is 3.20. The summed E-state index contributed by atoms with van der Waals surface area (Å²) in [5, 5.41) is 2.89. The minimum Gasteiger partial charge on any atom is -0.496 e. The summed E-state index contributed by atoms with van der Waals surface area (Å²) in [6.07, 6.45) is 0. The predicted molar refractivity (Wildman–Crippen MR) is 81.9 cm³/mol. The number of para-hydroxylation sites is 1. The second-order valence-corrected chi connectivity index (χ2v) is 4.69. The van der Waals surface area contributed by atoms with Gasteiger partial charge in [0.1, 0.15) is 11.5 Å². The molecule has 0 aliphatic heterocycles. The molecule has 0 fully saturated rings. The first-order valence-corrected chi connectivity index (χ1v) is 6.70. The molecule has 0 bridgehead atoms. The molecule has 4 heteroatoms. The highest BCUT2D eigenvalue weighted by Gasteiger charge is 2.11. The van der Waals surface area contributed by atoms with Gasteiger partial charge >= 0.3 is 0 Å². The monoisotopic (exact) mass is 285 g/mol. The zero-order valence-electron chi connectivity index (χ0n) is 12.5. The molecule has 0 spiro atoms. The van der Waals surface area contributed by atoms with Crippen LogP contribution < -0.4 is 14.8 Å². The first kappa shape index (κ1) is 14.9. The predicted octanol–water partition coefficient (Wildman–Crippen LogP) is 2.94. The van der Waals surface area contributed by atoms with Crippen LogP contribution in [0.25, 0.3) is 0 Å². The van der Waals surface area contributed by atoms with Gasteiger partial charge in [0.15, 0.2) is 0 Å². The van der Waals surface area contributed by atoms with E-state index in [1.807, 2.05) is 37.3 Å². The normalized spacial score (nSPS) is 10.0. The van der Waals surface area contributed by atoms with Crippen LogP contribution in [0.2, 0.25) is 0 Å². The third kappa shape index (κ3) is 3.54. The highest BCUT2D eigenvalue weighted by Crippen LogP contribution is 2.19. The maximum absolute atomic E-state index is 12.2. The maximum atomic E-state index is 12.2. The quantitative estimate of drug-likeness (QED) is 0.918. The highest BCUT2D eigenvalue weighted by molar-refractivity contribution is 5.96. The minimum atomic E-state index is -0.152. The number of hydrogen-bond acceptors (Lipinski definition) is 3. The Hall–Kier alpha value is -2.49. The summed E-state index contributed by atoms with van der Waals surface area (Å²) in [6.45, 7) is 2.44. The molecule has 0 unspecified atom stereocenters. The molecule has 21 heavy (non-hydrogen) atoms. The third-order valence-electron chi connectivity index (χ3n) is 3.26. The van der Waals surface area contributed by atoms with Crippen LogP contribution in [-0.2, 0) is 6.54 Å². The van der Waals surface area contributed by atoms with E-state index in [0.29, 0.717) is 17.9 Å². The molecular weight excluding hydrogens is 266 g/mol. The third-order valence-corrected chi connectivity index (χ3v) is 3.26. The Bertz CT molecular complexity index is 638. The molecule has 110 valence electrons. The van der Waals surface area contributed by atoms with E-state index in [1.165, 1.54) is 0 Å². The molecule has 0 radical (unpaired) electrons. The van der Waals surface area contributed by atoms with Crippen molar-refractivity contribution in [1.29, 1.82) is 0 Å². The zero-order valence-corrected chi connectivity index (χ0v) is 12.5. The average Bonchev–Trinajstić information content (AvgIpc) is 2.52. The lowest BCUT2D eigenvalue weighted by atomic mass is 10.1. The van der Waals surface area contributed by atoms with Crippen molar-refractivity contribution in [1.82, 2.24) is 5.32 Å². The molecule has 0 saturated heterocycles. The van der Waals surface area contributed by atoms with Gasteiger partial charge in [0.05, 0.1) is 19.8 Å². The van der Waals surface area contributed by atoms with Gasteiger partial charge < -0.3 is 14.8 Å². The number of carbonyl (C=O) groups excluding carboxylic acids is 1. The first-order chi connectivity index (χ1) is 10.2. The molecule has 1 amide bonds. The zero-order chi connectivity index (χ0) is 15.2. The molecule has 2 aromatic carbocycles. The van der Waals surface area contributed by atoms with E-state index in [4.69, 9.17) is 9.47 Å². The molecule has 4 nitrogen and oxygen atoms in total. The number of hydrogen-bond donors (Lipinski definition) is 1. The number of ether oxygens (including phenoxy) is 2. The average molecular weight is 285 g/mol. The van der Waals surface area contributed by atoms with Crippen molar-refractivity contribution >= 4 is 5.91 Å². The number of methoxy groups -OCH3 is 2. The summed E-state index contributed by atoms with van der Waals surface area (Å²) in [5.41, 5.74) is 2.60. The van der Waals surface area contributed by atoms with E-state index in [-0.39, 0.29) is 5.91 Å². The van der Waals surface area contributed by atoms with Gasteiger partial charge in [-0.15, -0.1) is 0 Å². The molecule has 0 atom stereocenters. The highest BCUT2D eigenvalue weighted by atomic mass is 16.5. The first-order valence-electron chi connectivity index (χ1n) is 6.70. The van der Waals surface area contributed by atoms with Crippen LogP contribution in [0.3, 0.4) is 0 Å². The van der Waals surface area contributed by atoms with Gasteiger partial charge in [-0.2, -0.15) is 0 Å². The molecule has 0 aromatic heterocycles. The number of amides is 1. The van der Waals surface area contributed by atoms with Gasteiger partial charge in [0.2, 0.25) is 0 Å². The summed E-state index contributed by atoms with van der Waals surface area (Å²) < 4.78 is 10.4. The van der Waals surface area contributed by atoms with Gasteiger partial charge in [-0.05, 0) is 36.2 Å². The molecular formula is C17H19NO3. The molecule has 2 aromatic rings. The fourth-order valence-corrected chi connectivity index (χ4v) is 2.16. The largest absolute Gasteiger partial charge is 0.496 e. The Balaban J connectivity index is 2.06. The molecule has 0 aliphatic rings. The van der Waals surface area contributed by atoms with E-state index in [9.17, 15) is 4.79 Å². The van der Waals surface area contributed by atoms with Crippen LogP contribution >= 0.6 is 0 Å². The summed E-state index contributed by atoms with van der Waals surface area (Å²) in [5.74, 6) is 1.26. The van der Waals surface area contributed by atoms with Crippen molar-refractivity contribution in [3.8, 4) is 11.5 Å². The van der Waals surface area contributed by atoms with Crippen molar-refractivity contribution in [2.24, 2.45) is 0 Å². The molecule has 0 aliphatic carbocycles. The van der Waals surface area contributed by atoms with Gasteiger partial charge in [0, 0.05) is 6.54 Å². The van der Waals surface area contributed by atoms with E-state index in [2.05, 4.69) is 5.32 Å². The van der Waals surface area contributed by atoms with Crippen molar-refractivity contribution < 1.29 is 14.3 Å². The van der Waals surface area contributed by atoms with Crippen LogP contribution in [0.15, 0.2) is 42.5 Å². The van der Waals surface area contributed by atoms with Gasteiger partial charge in [-0.3, -0.25) is 4.79 Å². The minimum absolute atomic E-state index is 0.152. The Kier molecular flexibility index (Phi) is 4.82. The van der Waals surface area contributed by atoms with Crippen LogP contribution in [0.5, 0.6) is 11.5 Å². The van der Waals surface area contributed by atoms with E-state index in [0.717, 1.165) is 16.9 Å². The smallest absolute Gasteiger partial charge is 0.255 e. The molecule has 0 heterocycles. The van der Waals surface area contributed by atoms with Crippen molar-refractivity contribution in [2.45, 2.75) is 13.5 Å². The van der Waals surface area contributed by atoms with E-state index < -0.39 is 0 Å². The molecule has 0 saturated carbocycles. The topological polar surface area (TPSA) is 47.6 Å². The Labute approximate surface area is 124 Å². The van der Waals surface area contributed by atoms with Crippen LogP contribution in [-0.4, -0.2) is 20.1 Å². The lowest BCUT2D eigenvalue weighted by Gasteiger charge is -2.10. The van der Waals surface area contributed by atoms with Crippen molar-refractivity contribution in [2.75, 3.05) is 14.2 Å². The number of aryl methyl sites for hydroxylation is 1. The van der Waals surface area contributed by atoms with E-state index in [1.54, 1.807) is 26.4 Å². The van der Waals surface area contributed by atoms with Crippen LogP contribution in [0, 0.1) is 6.92 Å². The van der Waals surface area contributed by atoms with Crippen molar-refractivity contribution in [3.63, 3.8) is 0 Å². The number of rotatable bonds is 5. The number of carbonyl (C=O) groups is 1. The van der Waals surface area contributed by atoms with Crippen molar-refractivity contribution in [3.05, 3.63) is 59.2 Å². The molecule has 1 N–H and O–H groups in total. The van der Waals surface area contributed by atoms with Crippen LogP contribution in [0.4, 0.5) is 0 Å². The maximum Gasteiger partial charge on any atom is 0.255 e. The fourth-order valence-electron chi connectivity index (χ4n) is 2.16. The Morgan fingerprint density at radius 1 is 1.05 bits per heavy atom. The standard InChI is InChI=1S/C17H19NO3/c1-12-10-13(8-9-15(12)20-2)11-18-17(19)14-6-4-5-7-16(14)21-3/h4-10H,11H2,1-3H3,(H,18,19). The van der Waals surface area contributed by atoms with Gasteiger partial charge in [0.25, 0.3) is 5.91 Å². The van der Waals surface area contributed by atoms with Crippen LogP contribution in [0.1, 0.15) is 21.5 Å². The van der Waals surface area contributed by atoms with E-state index >= 15 is 0 Å². The number of nitrogens with one attached hydrogen (secondary N) is 1.